The lowest BCUT2D eigenvalue weighted by atomic mass is 10.1. The molecule has 0 radical (unpaired) electrons. The topological polar surface area (TPSA) is 52.9 Å². The lowest BCUT2D eigenvalue weighted by molar-refractivity contribution is 0.0620. The van der Waals surface area contributed by atoms with Gasteiger partial charge < -0.3 is 14.9 Å². The minimum Gasteiger partial charge on any atom is -0.394 e. The van der Waals surface area contributed by atoms with Crippen LogP contribution in [0.2, 0.25) is 0 Å². The lowest BCUT2D eigenvalue weighted by Gasteiger charge is -2.26. The highest BCUT2D eigenvalue weighted by Crippen LogP contribution is 2.29. The summed E-state index contributed by atoms with van der Waals surface area (Å²) in [6.45, 7) is 3.13. The van der Waals surface area contributed by atoms with E-state index in [-0.39, 0.29) is 12.7 Å². The molecule has 19 heavy (non-hydrogen) atoms. The number of thiophene rings is 1. The Hall–Kier alpha value is -0.460. The van der Waals surface area contributed by atoms with Crippen LogP contribution < -0.4 is 0 Å². The zero-order valence-corrected chi connectivity index (χ0v) is 12.0. The third-order valence-electron chi connectivity index (χ3n) is 3.62. The van der Waals surface area contributed by atoms with Crippen molar-refractivity contribution >= 4 is 11.3 Å². The smallest absolute Gasteiger partial charge is 0.0896 e. The van der Waals surface area contributed by atoms with Crippen LogP contribution in [-0.4, -0.2) is 54.1 Å². The van der Waals surface area contributed by atoms with Crippen LogP contribution in [0.25, 0.3) is 0 Å². The highest BCUT2D eigenvalue weighted by atomic mass is 32.1. The maximum atomic E-state index is 10.2. The van der Waals surface area contributed by atoms with Gasteiger partial charge >= 0.3 is 0 Å². The summed E-state index contributed by atoms with van der Waals surface area (Å²) >= 11 is 1.62. The molecule has 108 valence electrons. The van der Waals surface area contributed by atoms with Crippen LogP contribution in [0.15, 0.2) is 17.5 Å². The van der Waals surface area contributed by atoms with Crippen molar-refractivity contribution in [2.24, 2.45) is 0 Å². The zero-order valence-electron chi connectivity index (χ0n) is 11.2. The van der Waals surface area contributed by atoms with E-state index in [2.05, 4.69) is 4.90 Å². The average Bonchev–Trinajstić information content (AvgIpc) is 3.06. The molecule has 0 aliphatic carbocycles. The van der Waals surface area contributed by atoms with Crippen molar-refractivity contribution in [3.05, 3.63) is 22.4 Å². The van der Waals surface area contributed by atoms with Gasteiger partial charge in [-0.25, -0.2) is 0 Å². The summed E-state index contributed by atoms with van der Waals surface area (Å²) in [5, 5.41) is 20.9. The van der Waals surface area contributed by atoms with Crippen LogP contribution in [0, 0.1) is 0 Å². The van der Waals surface area contributed by atoms with Crippen LogP contribution in [0.4, 0.5) is 0 Å². The average molecular weight is 285 g/mol. The van der Waals surface area contributed by atoms with Gasteiger partial charge in [0.05, 0.1) is 25.9 Å². The Morgan fingerprint density at radius 3 is 3.11 bits per heavy atom. The Balaban J connectivity index is 1.75. The molecule has 2 N–H and O–H groups in total. The van der Waals surface area contributed by atoms with Crippen LogP contribution in [-0.2, 0) is 4.74 Å². The van der Waals surface area contributed by atoms with E-state index in [0.717, 1.165) is 30.8 Å². The highest BCUT2D eigenvalue weighted by Gasteiger charge is 2.26. The van der Waals surface area contributed by atoms with Gasteiger partial charge in [-0.1, -0.05) is 6.07 Å². The van der Waals surface area contributed by atoms with Crippen molar-refractivity contribution in [2.45, 2.75) is 31.4 Å². The van der Waals surface area contributed by atoms with E-state index in [9.17, 15) is 5.11 Å². The van der Waals surface area contributed by atoms with Crippen LogP contribution >= 0.6 is 11.3 Å². The van der Waals surface area contributed by atoms with Gasteiger partial charge in [0.2, 0.25) is 0 Å². The molecule has 1 saturated heterocycles. The number of hydrogen-bond donors (Lipinski definition) is 2. The first-order chi connectivity index (χ1) is 9.31. The second-order valence-electron chi connectivity index (χ2n) is 4.93. The Labute approximate surface area is 118 Å². The van der Waals surface area contributed by atoms with Crippen molar-refractivity contribution in [3.8, 4) is 0 Å². The number of rotatable bonds is 8. The summed E-state index contributed by atoms with van der Waals surface area (Å²) in [6, 6.07) is 4.44. The summed E-state index contributed by atoms with van der Waals surface area (Å²) in [5.41, 5.74) is 0. The maximum absolute atomic E-state index is 10.2. The first-order valence-electron chi connectivity index (χ1n) is 6.95. The van der Waals surface area contributed by atoms with E-state index >= 15 is 0 Å². The molecule has 0 aromatic carbocycles. The number of aliphatic hydroxyl groups excluding tert-OH is 2. The Morgan fingerprint density at radius 2 is 2.37 bits per heavy atom. The van der Waals surface area contributed by atoms with E-state index in [4.69, 9.17) is 9.84 Å². The van der Waals surface area contributed by atoms with E-state index in [1.165, 1.54) is 6.42 Å². The molecular formula is C14H23NO3S. The molecule has 2 atom stereocenters. The summed E-state index contributed by atoms with van der Waals surface area (Å²) in [4.78, 5) is 3.46. The van der Waals surface area contributed by atoms with E-state index in [1.54, 1.807) is 11.3 Å². The zero-order chi connectivity index (χ0) is 13.5. The fraction of sp³-hybridized carbons (Fsp3) is 0.714. The van der Waals surface area contributed by atoms with Crippen molar-refractivity contribution in [1.82, 2.24) is 4.90 Å². The summed E-state index contributed by atoms with van der Waals surface area (Å²) in [5.74, 6) is 0. The molecule has 2 heterocycles. The van der Waals surface area contributed by atoms with Crippen molar-refractivity contribution in [2.75, 3.05) is 32.9 Å². The maximum Gasteiger partial charge on any atom is 0.0896 e. The van der Waals surface area contributed by atoms with Crippen LogP contribution in [0.1, 0.15) is 30.2 Å². The minimum absolute atomic E-state index is 0.0838. The Bertz CT molecular complexity index is 344. The third kappa shape index (κ3) is 4.54. The van der Waals surface area contributed by atoms with Crippen molar-refractivity contribution < 1.29 is 14.9 Å². The molecule has 0 amide bonds. The van der Waals surface area contributed by atoms with Gasteiger partial charge in [-0.15, -0.1) is 11.3 Å². The van der Waals surface area contributed by atoms with Gasteiger partial charge in [0.25, 0.3) is 0 Å². The largest absolute Gasteiger partial charge is 0.394 e. The molecule has 0 bridgehead atoms. The number of hydrogen-bond acceptors (Lipinski definition) is 5. The van der Waals surface area contributed by atoms with Crippen LogP contribution in [0.3, 0.4) is 0 Å². The molecule has 1 aromatic rings. The lowest BCUT2D eigenvalue weighted by Crippen LogP contribution is -2.33. The second-order valence-corrected chi connectivity index (χ2v) is 5.91. The van der Waals surface area contributed by atoms with Crippen molar-refractivity contribution in [3.63, 3.8) is 0 Å². The fourth-order valence-electron chi connectivity index (χ4n) is 2.66. The Morgan fingerprint density at radius 1 is 1.47 bits per heavy atom. The first kappa shape index (κ1) is 14.9. The minimum atomic E-state index is -0.344. The molecule has 1 aliphatic rings. The molecule has 5 heteroatoms. The van der Waals surface area contributed by atoms with Crippen molar-refractivity contribution in [1.29, 1.82) is 0 Å². The highest BCUT2D eigenvalue weighted by molar-refractivity contribution is 7.10. The Kier molecular flexibility index (Phi) is 6.26. The number of likely N-dealkylation sites (tertiary alicyclic amines) is 1. The monoisotopic (exact) mass is 285 g/mol. The quantitative estimate of drug-likeness (QED) is 0.713. The van der Waals surface area contributed by atoms with Gasteiger partial charge in [-0.05, 0) is 37.3 Å². The molecule has 1 fully saturated rings. The summed E-state index contributed by atoms with van der Waals surface area (Å²) in [6.07, 6.45) is 2.81. The molecule has 0 saturated carbocycles. The molecule has 0 spiro atoms. The molecule has 1 aromatic heterocycles. The van der Waals surface area contributed by atoms with E-state index < -0.39 is 0 Å². The predicted octanol–water partition coefficient (Wildman–Crippen LogP) is 1.64. The van der Waals surface area contributed by atoms with E-state index in [1.807, 2.05) is 17.5 Å². The van der Waals surface area contributed by atoms with Gasteiger partial charge in [0.1, 0.15) is 0 Å². The molecule has 2 unspecified atom stereocenters. The third-order valence-corrected chi connectivity index (χ3v) is 4.60. The SMILES string of the molecule is OCCOCCN1CCCC1CC(O)c1cccs1. The predicted molar refractivity (Wildman–Crippen MR) is 76.4 cm³/mol. The summed E-state index contributed by atoms with van der Waals surface area (Å²) in [7, 11) is 0. The molecule has 4 nitrogen and oxygen atoms in total. The van der Waals surface area contributed by atoms with Gasteiger partial charge in [-0.3, -0.25) is 4.90 Å². The molecule has 1 aliphatic heterocycles. The van der Waals surface area contributed by atoms with Crippen LogP contribution in [0.5, 0.6) is 0 Å². The summed E-state index contributed by atoms with van der Waals surface area (Å²) < 4.78 is 5.32. The molecular weight excluding hydrogens is 262 g/mol. The number of aliphatic hydroxyl groups is 2. The normalized spacial score (nSPS) is 21.9. The fourth-order valence-corrected chi connectivity index (χ4v) is 3.38. The first-order valence-corrected chi connectivity index (χ1v) is 7.83. The van der Waals surface area contributed by atoms with Gasteiger partial charge in [-0.2, -0.15) is 0 Å². The van der Waals surface area contributed by atoms with E-state index in [0.29, 0.717) is 19.3 Å². The van der Waals surface area contributed by atoms with Gasteiger partial charge in [0.15, 0.2) is 0 Å². The number of ether oxygens (including phenoxy) is 1. The molecule has 2 rings (SSSR count). The standard InChI is InChI=1S/C14H23NO3S/c16-7-9-18-8-6-15-5-1-3-12(15)11-13(17)14-4-2-10-19-14/h2,4,10,12-13,16-17H,1,3,5-9,11H2. The van der Waals surface area contributed by atoms with Gasteiger partial charge in [0, 0.05) is 17.5 Å². The second kappa shape index (κ2) is 7.97. The number of nitrogens with zero attached hydrogens (tertiary/aromatic N) is 1.